The highest BCUT2D eigenvalue weighted by molar-refractivity contribution is 5.20. The van der Waals surface area contributed by atoms with Crippen LogP contribution < -0.4 is 5.73 Å². The van der Waals surface area contributed by atoms with Crippen molar-refractivity contribution in [3.8, 4) is 0 Å². The van der Waals surface area contributed by atoms with Crippen LogP contribution in [0.4, 0.5) is 8.78 Å². The third-order valence-electron chi connectivity index (χ3n) is 3.06. The number of halogens is 2. The second-order valence-electron chi connectivity index (χ2n) is 4.42. The molecule has 1 aromatic rings. The molecule has 0 heterocycles. The Bertz CT molecular complexity index is 353. The Morgan fingerprint density at radius 2 is 2.13 bits per heavy atom. The third kappa shape index (κ3) is 2.34. The fourth-order valence-electron chi connectivity index (χ4n) is 2.26. The van der Waals surface area contributed by atoms with Crippen LogP contribution in [0.25, 0.3) is 0 Å². The van der Waals surface area contributed by atoms with Crippen LogP contribution in [0.5, 0.6) is 0 Å². The fraction of sp³-hybridized carbons (Fsp3) is 0.500. The molecule has 0 aromatic heterocycles. The topological polar surface area (TPSA) is 26.0 Å². The Hall–Kier alpha value is -0.960. The molecule has 1 aliphatic carbocycles. The van der Waals surface area contributed by atoms with Gasteiger partial charge in [-0.05, 0) is 30.9 Å². The smallest absolute Gasteiger partial charge is 0.126 e. The monoisotopic (exact) mass is 211 g/mol. The van der Waals surface area contributed by atoms with Gasteiger partial charge in [0.05, 0.1) is 0 Å². The highest BCUT2D eigenvalue weighted by Crippen LogP contribution is 2.36. The van der Waals surface area contributed by atoms with E-state index in [0.717, 1.165) is 0 Å². The molecule has 0 saturated heterocycles. The molecule has 2 atom stereocenters. The maximum Gasteiger partial charge on any atom is 0.126 e. The van der Waals surface area contributed by atoms with E-state index in [2.05, 4.69) is 0 Å². The molecule has 2 N–H and O–H groups in total. The zero-order valence-electron chi connectivity index (χ0n) is 8.55. The molecular weight excluding hydrogens is 196 g/mol. The van der Waals surface area contributed by atoms with Crippen molar-refractivity contribution in [2.75, 3.05) is 0 Å². The van der Waals surface area contributed by atoms with Gasteiger partial charge >= 0.3 is 0 Å². The third-order valence-corrected chi connectivity index (χ3v) is 3.06. The fourth-order valence-corrected chi connectivity index (χ4v) is 2.26. The van der Waals surface area contributed by atoms with E-state index >= 15 is 0 Å². The average molecular weight is 211 g/mol. The van der Waals surface area contributed by atoms with Crippen LogP contribution in [-0.2, 0) is 6.42 Å². The molecule has 2 unspecified atom stereocenters. The predicted octanol–water partition coefficient (Wildman–Crippen LogP) is 2.59. The molecule has 1 aromatic carbocycles. The summed E-state index contributed by atoms with van der Waals surface area (Å²) in [5.74, 6) is -0.324. The number of benzene rings is 1. The van der Waals surface area contributed by atoms with Crippen molar-refractivity contribution < 1.29 is 8.78 Å². The van der Waals surface area contributed by atoms with Gasteiger partial charge in [0.2, 0.25) is 0 Å². The second kappa shape index (κ2) is 3.89. The van der Waals surface area contributed by atoms with Crippen molar-refractivity contribution in [1.29, 1.82) is 0 Å². The molecule has 0 aliphatic heterocycles. The van der Waals surface area contributed by atoms with Gasteiger partial charge in [0, 0.05) is 12.5 Å². The Morgan fingerprint density at radius 3 is 2.73 bits per heavy atom. The van der Waals surface area contributed by atoms with Crippen LogP contribution in [0.2, 0.25) is 0 Å². The summed E-state index contributed by atoms with van der Waals surface area (Å²) in [6.07, 6.45) is 1.64. The summed E-state index contributed by atoms with van der Waals surface area (Å²) >= 11 is 0. The first-order valence-electron chi connectivity index (χ1n) is 5.27. The zero-order valence-corrected chi connectivity index (χ0v) is 8.55. The van der Waals surface area contributed by atoms with E-state index in [1.165, 1.54) is 6.07 Å². The van der Waals surface area contributed by atoms with Crippen molar-refractivity contribution in [1.82, 2.24) is 0 Å². The largest absolute Gasteiger partial charge is 0.328 e. The summed E-state index contributed by atoms with van der Waals surface area (Å²) in [6.45, 7) is 0. The maximum absolute atomic E-state index is 14.2. The minimum Gasteiger partial charge on any atom is -0.328 e. The molecule has 0 bridgehead atoms. The van der Waals surface area contributed by atoms with Gasteiger partial charge in [0.25, 0.3) is 0 Å². The van der Waals surface area contributed by atoms with Gasteiger partial charge in [0.15, 0.2) is 0 Å². The summed E-state index contributed by atoms with van der Waals surface area (Å²) in [6, 6.07) is 6.29. The molecule has 82 valence electrons. The quantitative estimate of drug-likeness (QED) is 0.799. The van der Waals surface area contributed by atoms with Gasteiger partial charge in [-0.25, -0.2) is 8.78 Å². The van der Waals surface area contributed by atoms with Crippen molar-refractivity contribution in [3.05, 3.63) is 35.6 Å². The molecule has 1 fully saturated rings. The second-order valence-corrected chi connectivity index (χ2v) is 4.42. The lowest BCUT2D eigenvalue weighted by molar-refractivity contribution is 0.169. The van der Waals surface area contributed by atoms with Crippen LogP contribution in [0.15, 0.2) is 24.3 Å². The van der Waals surface area contributed by atoms with E-state index in [1.54, 1.807) is 18.2 Å². The summed E-state index contributed by atoms with van der Waals surface area (Å²) < 4.78 is 27.5. The molecule has 0 spiro atoms. The minimum atomic E-state index is -1.30. The van der Waals surface area contributed by atoms with E-state index in [1.807, 2.05) is 0 Å². The molecule has 15 heavy (non-hydrogen) atoms. The van der Waals surface area contributed by atoms with Gasteiger partial charge < -0.3 is 5.73 Å². The summed E-state index contributed by atoms with van der Waals surface area (Å²) in [5.41, 5.74) is 4.82. The van der Waals surface area contributed by atoms with E-state index in [9.17, 15) is 8.78 Å². The van der Waals surface area contributed by atoms with Crippen LogP contribution in [0.3, 0.4) is 0 Å². The Labute approximate surface area is 88.3 Å². The molecule has 1 nitrogen and oxygen atoms in total. The maximum atomic E-state index is 14.2. The van der Waals surface area contributed by atoms with E-state index in [4.69, 9.17) is 5.73 Å². The van der Waals surface area contributed by atoms with Crippen LogP contribution >= 0.6 is 0 Å². The molecule has 3 heteroatoms. The van der Waals surface area contributed by atoms with Gasteiger partial charge in [-0.2, -0.15) is 0 Å². The predicted molar refractivity (Wildman–Crippen MR) is 55.8 cm³/mol. The van der Waals surface area contributed by atoms with Crippen molar-refractivity contribution in [3.63, 3.8) is 0 Å². The Kier molecular flexibility index (Phi) is 2.74. The number of alkyl halides is 1. The first-order valence-corrected chi connectivity index (χ1v) is 5.27. The zero-order chi connectivity index (χ0) is 10.9. The normalized spacial score (nSPS) is 30.7. The molecule has 1 saturated carbocycles. The molecule has 0 amide bonds. The van der Waals surface area contributed by atoms with Crippen molar-refractivity contribution in [2.45, 2.75) is 37.4 Å². The summed E-state index contributed by atoms with van der Waals surface area (Å²) in [7, 11) is 0. The number of nitrogens with two attached hydrogens (primary N) is 1. The highest BCUT2D eigenvalue weighted by Gasteiger charge is 2.38. The van der Waals surface area contributed by atoms with Crippen LogP contribution in [0.1, 0.15) is 24.8 Å². The average Bonchev–Trinajstić information content (AvgIpc) is 2.51. The Balaban J connectivity index is 2.12. The highest BCUT2D eigenvalue weighted by atomic mass is 19.1. The van der Waals surface area contributed by atoms with Gasteiger partial charge in [-0.15, -0.1) is 0 Å². The number of hydrogen-bond donors (Lipinski definition) is 1. The first-order chi connectivity index (χ1) is 7.09. The lowest BCUT2D eigenvalue weighted by atomic mass is 9.94. The number of hydrogen-bond acceptors (Lipinski definition) is 1. The summed E-state index contributed by atoms with van der Waals surface area (Å²) in [5, 5.41) is 0. The van der Waals surface area contributed by atoms with Crippen molar-refractivity contribution in [2.24, 2.45) is 5.73 Å². The van der Waals surface area contributed by atoms with Gasteiger partial charge in [-0.1, -0.05) is 18.2 Å². The van der Waals surface area contributed by atoms with E-state index in [-0.39, 0.29) is 18.3 Å². The van der Waals surface area contributed by atoms with Crippen LogP contribution in [0, 0.1) is 5.82 Å². The standard InChI is InChI=1S/C12H15F2N/c13-11-4-2-1-3-9(11)7-12(14)6-5-10(15)8-12/h1-4,10H,5-8,15H2. The van der Waals surface area contributed by atoms with Gasteiger partial charge in [-0.3, -0.25) is 0 Å². The van der Waals surface area contributed by atoms with Gasteiger partial charge in [0.1, 0.15) is 11.5 Å². The van der Waals surface area contributed by atoms with E-state index < -0.39 is 5.67 Å². The minimum absolute atomic E-state index is 0.0678. The first kappa shape index (κ1) is 10.6. The molecule has 1 aliphatic rings. The molecule has 2 rings (SSSR count). The van der Waals surface area contributed by atoms with Crippen molar-refractivity contribution >= 4 is 0 Å². The Morgan fingerprint density at radius 1 is 1.40 bits per heavy atom. The molecular formula is C12H15F2N. The SMILES string of the molecule is NC1CCC(F)(Cc2ccccc2F)C1. The lowest BCUT2D eigenvalue weighted by Crippen LogP contribution is -2.26. The number of rotatable bonds is 2. The van der Waals surface area contributed by atoms with Crippen LogP contribution in [-0.4, -0.2) is 11.7 Å². The summed E-state index contributed by atoms with van der Waals surface area (Å²) in [4.78, 5) is 0. The van der Waals surface area contributed by atoms with E-state index in [0.29, 0.717) is 24.8 Å². The lowest BCUT2D eigenvalue weighted by Gasteiger charge is -2.19. The molecule has 0 radical (unpaired) electrons.